The Kier molecular flexibility index (Phi) is 4.64. The molecule has 8 heteroatoms. The molecule has 1 saturated carbocycles. The Bertz CT molecular complexity index is 784. The first-order valence-corrected chi connectivity index (χ1v) is 9.12. The van der Waals surface area contributed by atoms with Gasteiger partial charge >= 0.3 is 0 Å². The van der Waals surface area contributed by atoms with Gasteiger partial charge in [-0.2, -0.15) is 0 Å². The van der Waals surface area contributed by atoms with Crippen molar-refractivity contribution < 1.29 is 9.59 Å². The number of benzene rings is 1. The molecule has 1 aromatic carbocycles. The number of para-hydroxylation sites is 1. The number of aromatic nitrogens is 4. The number of hydrogen-bond donors (Lipinski definition) is 1. The number of anilines is 1. The van der Waals surface area contributed by atoms with Crippen LogP contribution < -0.4 is 10.2 Å². The standard InChI is InChI=1S/C18H22N6O2/c25-17-10-13(12-23(17)14-6-2-1-3-7-14)18(26)19-11-16-20-21-22-24(16)15-8-4-5-9-15/h1-3,6-7,13,15H,4-5,8-12H2,(H,19,26). The topological polar surface area (TPSA) is 93.0 Å². The molecule has 2 aliphatic rings. The number of nitrogens with zero attached hydrogens (tertiary/aromatic N) is 5. The fraction of sp³-hybridized carbons (Fsp3) is 0.500. The molecule has 136 valence electrons. The van der Waals surface area contributed by atoms with Crippen molar-refractivity contribution in [3.05, 3.63) is 36.2 Å². The Balaban J connectivity index is 1.36. The molecule has 2 amide bonds. The number of tetrazole rings is 1. The summed E-state index contributed by atoms with van der Waals surface area (Å²) in [4.78, 5) is 26.5. The second kappa shape index (κ2) is 7.23. The van der Waals surface area contributed by atoms with E-state index in [2.05, 4.69) is 20.8 Å². The van der Waals surface area contributed by atoms with Crippen molar-refractivity contribution >= 4 is 17.5 Å². The number of carbonyl (C=O) groups excluding carboxylic acids is 2. The van der Waals surface area contributed by atoms with Crippen LogP contribution in [0, 0.1) is 5.92 Å². The van der Waals surface area contributed by atoms with E-state index in [0.29, 0.717) is 25.0 Å². The van der Waals surface area contributed by atoms with Gasteiger partial charge in [0.05, 0.1) is 18.5 Å². The fourth-order valence-electron chi connectivity index (χ4n) is 3.81. The van der Waals surface area contributed by atoms with Crippen LogP contribution in [0.4, 0.5) is 5.69 Å². The summed E-state index contributed by atoms with van der Waals surface area (Å²) in [6.45, 7) is 0.695. The van der Waals surface area contributed by atoms with E-state index in [-0.39, 0.29) is 24.2 Å². The molecule has 1 aromatic heterocycles. The molecule has 2 aromatic rings. The van der Waals surface area contributed by atoms with Gasteiger partial charge in [0.1, 0.15) is 0 Å². The summed E-state index contributed by atoms with van der Waals surface area (Å²) in [6.07, 6.45) is 4.77. The second-order valence-corrected chi connectivity index (χ2v) is 6.94. The summed E-state index contributed by atoms with van der Waals surface area (Å²) in [7, 11) is 0. The van der Waals surface area contributed by atoms with Gasteiger partial charge in [0.25, 0.3) is 0 Å². The number of nitrogens with one attached hydrogen (secondary N) is 1. The van der Waals surface area contributed by atoms with Crippen LogP contribution >= 0.6 is 0 Å². The Morgan fingerprint density at radius 2 is 1.96 bits per heavy atom. The average Bonchev–Trinajstić information content (AvgIpc) is 3.40. The first kappa shape index (κ1) is 16.7. The van der Waals surface area contributed by atoms with E-state index < -0.39 is 0 Å². The summed E-state index contributed by atoms with van der Waals surface area (Å²) >= 11 is 0. The lowest BCUT2D eigenvalue weighted by molar-refractivity contribution is -0.126. The molecule has 1 aliphatic carbocycles. The Hall–Kier alpha value is -2.77. The summed E-state index contributed by atoms with van der Waals surface area (Å²) < 4.78 is 1.84. The van der Waals surface area contributed by atoms with Gasteiger partial charge in [-0.25, -0.2) is 4.68 Å². The molecule has 8 nitrogen and oxygen atoms in total. The normalized spacial score (nSPS) is 20.7. The molecule has 1 saturated heterocycles. The molecule has 2 heterocycles. The van der Waals surface area contributed by atoms with Crippen LogP contribution in [-0.2, 0) is 16.1 Å². The highest BCUT2D eigenvalue weighted by molar-refractivity contribution is 6.00. The third-order valence-electron chi connectivity index (χ3n) is 5.22. The molecule has 2 fully saturated rings. The SMILES string of the molecule is O=C(NCc1nnnn1C1CCCC1)C1CC(=O)N(c2ccccc2)C1. The van der Waals surface area contributed by atoms with E-state index in [4.69, 9.17) is 0 Å². The van der Waals surface area contributed by atoms with E-state index in [9.17, 15) is 9.59 Å². The maximum atomic E-state index is 12.5. The highest BCUT2D eigenvalue weighted by atomic mass is 16.2. The predicted octanol–water partition coefficient (Wildman–Crippen LogP) is 1.46. The van der Waals surface area contributed by atoms with Crippen molar-refractivity contribution in [2.75, 3.05) is 11.4 Å². The molecule has 26 heavy (non-hydrogen) atoms. The van der Waals surface area contributed by atoms with Gasteiger partial charge in [-0.15, -0.1) is 5.10 Å². The highest BCUT2D eigenvalue weighted by Crippen LogP contribution is 2.29. The van der Waals surface area contributed by atoms with E-state index in [1.807, 2.05) is 35.0 Å². The first-order valence-electron chi connectivity index (χ1n) is 9.12. The lowest BCUT2D eigenvalue weighted by atomic mass is 10.1. The van der Waals surface area contributed by atoms with Crippen molar-refractivity contribution in [1.29, 1.82) is 0 Å². The number of hydrogen-bond acceptors (Lipinski definition) is 5. The van der Waals surface area contributed by atoms with Crippen LogP contribution in [0.15, 0.2) is 30.3 Å². The summed E-state index contributed by atoms with van der Waals surface area (Å²) in [6, 6.07) is 9.78. The van der Waals surface area contributed by atoms with Crippen molar-refractivity contribution in [2.24, 2.45) is 5.92 Å². The Labute approximate surface area is 151 Å². The summed E-state index contributed by atoms with van der Waals surface area (Å²) in [5.41, 5.74) is 0.831. The van der Waals surface area contributed by atoms with Crippen molar-refractivity contribution in [3.8, 4) is 0 Å². The van der Waals surface area contributed by atoms with Crippen molar-refractivity contribution in [3.63, 3.8) is 0 Å². The van der Waals surface area contributed by atoms with E-state index in [1.165, 1.54) is 12.8 Å². The third kappa shape index (κ3) is 3.31. The highest BCUT2D eigenvalue weighted by Gasteiger charge is 2.35. The smallest absolute Gasteiger partial charge is 0.227 e. The van der Waals surface area contributed by atoms with Gasteiger partial charge < -0.3 is 10.2 Å². The number of amides is 2. The summed E-state index contributed by atoms with van der Waals surface area (Å²) in [5, 5.41) is 14.8. The second-order valence-electron chi connectivity index (χ2n) is 6.94. The van der Waals surface area contributed by atoms with Crippen LogP contribution in [0.1, 0.15) is 44.0 Å². The van der Waals surface area contributed by atoms with Crippen molar-refractivity contribution in [1.82, 2.24) is 25.5 Å². The van der Waals surface area contributed by atoms with Crippen LogP contribution in [0.5, 0.6) is 0 Å². The third-order valence-corrected chi connectivity index (χ3v) is 5.22. The zero-order valence-electron chi connectivity index (χ0n) is 14.5. The Morgan fingerprint density at radius 1 is 1.19 bits per heavy atom. The van der Waals surface area contributed by atoms with Crippen molar-refractivity contribution in [2.45, 2.75) is 44.7 Å². The minimum atomic E-state index is -0.349. The molecule has 0 bridgehead atoms. The largest absolute Gasteiger partial charge is 0.348 e. The maximum Gasteiger partial charge on any atom is 0.227 e. The maximum absolute atomic E-state index is 12.5. The predicted molar refractivity (Wildman–Crippen MR) is 94.1 cm³/mol. The number of carbonyl (C=O) groups is 2. The van der Waals surface area contributed by atoms with Crippen LogP contribution in [-0.4, -0.2) is 38.6 Å². The molecule has 0 radical (unpaired) electrons. The molecule has 4 rings (SSSR count). The summed E-state index contributed by atoms with van der Waals surface area (Å²) in [5.74, 6) is 0.179. The van der Waals surface area contributed by atoms with Gasteiger partial charge in [0, 0.05) is 18.7 Å². The lowest BCUT2D eigenvalue weighted by Gasteiger charge is -2.16. The molecule has 1 N–H and O–H groups in total. The average molecular weight is 354 g/mol. The van der Waals surface area contributed by atoms with Gasteiger partial charge in [0.15, 0.2) is 5.82 Å². The molecule has 1 aliphatic heterocycles. The fourth-order valence-corrected chi connectivity index (χ4v) is 3.81. The minimum absolute atomic E-state index is 0.0212. The minimum Gasteiger partial charge on any atom is -0.348 e. The van der Waals surface area contributed by atoms with Gasteiger partial charge in [-0.3, -0.25) is 9.59 Å². The molecular formula is C18H22N6O2. The zero-order chi connectivity index (χ0) is 17.9. The molecule has 1 atom stereocenters. The quantitative estimate of drug-likeness (QED) is 0.877. The zero-order valence-corrected chi connectivity index (χ0v) is 14.5. The lowest BCUT2D eigenvalue weighted by Crippen LogP contribution is -2.33. The van der Waals surface area contributed by atoms with E-state index in [0.717, 1.165) is 18.5 Å². The molecule has 1 unspecified atom stereocenters. The van der Waals surface area contributed by atoms with Gasteiger partial charge in [-0.05, 0) is 35.4 Å². The van der Waals surface area contributed by atoms with E-state index >= 15 is 0 Å². The number of rotatable bonds is 5. The van der Waals surface area contributed by atoms with Gasteiger partial charge in [-0.1, -0.05) is 31.0 Å². The van der Waals surface area contributed by atoms with Gasteiger partial charge in [0.2, 0.25) is 11.8 Å². The first-order chi connectivity index (χ1) is 12.7. The Morgan fingerprint density at radius 3 is 2.73 bits per heavy atom. The van der Waals surface area contributed by atoms with E-state index in [1.54, 1.807) is 4.90 Å². The monoisotopic (exact) mass is 354 g/mol. The van der Waals surface area contributed by atoms with Crippen LogP contribution in [0.25, 0.3) is 0 Å². The molecular weight excluding hydrogens is 332 g/mol. The molecule has 0 spiro atoms. The van der Waals surface area contributed by atoms with Crippen LogP contribution in [0.3, 0.4) is 0 Å². The van der Waals surface area contributed by atoms with Crippen LogP contribution in [0.2, 0.25) is 0 Å².